The van der Waals surface area contributed by atoms with Crippen LogP contribution in [0.15, 0.2) is 18.3 Å². The van der Waals surface area contributed by atoms with Gasteiger partial charge in [-0.25, -0.2) is 0 Å². The van der Waals surface area contributed by atoms with Gasteiger partial charge in [-0.1, -0.05) is 0 Å². The van der Waals surface area contributed by atoms with Crippen LogP contribution in [-0.2, 0) is 11.3 Å². The molecule has 74 valence electrons. The molecule has 4 heteroatoms. The van der Waals surface area contributed by atoms with Gasteiger partial charge in [0.2, 0.25) is 0 Å². The molecule has 1 rings (SSSR count). The zero-order chi connectivity index (χ0) is 10.4. The molecule has 0 aliphatic rings. The third kappa shape index (κ3) is 2.94. The first-order valence-electron chi connectivity index (χ1n) is 4.51. The number of aryl methyl sites for hydroxylation is 1. The van der Waals surface area contributed by atoms with Crippen LogP contribution in [0, 0.1) is 11.3 Å². The van der Waals surface area contributed by atoms with Gasteiger partial charge < -0.3 is 9.67 Å². The van der Waals surface area contributed by atoms with E-state index < -0.39 is 5.97 Å². The lowest BCUT2D eigenvalue weighted by atomic mass is 10.2. The molecule has 0 aliphatic carbocycles. The van der Waals surface area contributed by atoms with Gasteiger partial charge in [-0.05, 0) is 25.0 Å². The molecule has 14 heavy (non-hydrogen) atoms. The van der Waals surface area contributed by atoms with E-state index in [1.54, 1.807) is 6.07 Å². The molecule has 0 bridgehead atoms. The second kappa shape index (κ2) is 5.07. The Labute approximate surface area is 82.4 Å². The summed E-state index contributed by atoms with van der Waals surface area (Å²) in [5.41, 5.74) is 0.625. The van der Waals surface area contributed by atoms with Gasteiger partial charge in [0.05, 0.1) is 0 Å². The summed E-state index contributed by atoms with van der Waals surface area (Å²) in [6.07, 6.45) is 3.47. The lowest BCUT2D eigenvalue weighted by molar-refractivity contribution is -0.137. The molecule has 0 radical (unpaired) electrons. The molecule has 1 N–H and O–H groups in total. The molecule has 1 heterocycles. The molecule has 0 saturated heterocycles. The number of nitriles is 1. The van der Waals surface area contributed by atoms with Crippen LogP contribution in [0.5, 0.6) is 0 Å². The minimum atomic E-state index is -0.766. The molecule has 0 amide bonds. The van der Waals surface area contributed by atoms with Crippen LogP contribution in [0.2, 0.25) is 0 Å². The van der Waals surface area contributed by atoms with Crippen molar-refractivity contribution >= 4 is 5.97 Å². The molecular weight excluding hydrogens is 180 g/mol. The van der Waals surface area contributed by atoms with Gasteiger partial charge in [-0.15, -0.1) is 0 Å². The number of carbonyl (C=O) groups is 1. The van der Waals surface area contributed by atoms with E-state index in [1.165, 1.54) is 0 Å². The van der Waals surface area contributed by atoms with Crippen LogP contribution in [0.25, 0.3) is 0 Å². The summed E-state index contributed by atoms with van der Waals surface area (Å²) in [5, 5.41) is 17.1. The number of hydrogen-bond donors (Lipinski definition) is 1. The molecule has 0 unspecified atom stereocenters. The molecule has 0 saturated carbocycles. The van der Waals surface area contributed by atoms with Gasteiger partial charge in [0.15, 0.2) is 0 Å². The van der Waals surface area contributed by atoms with Gasteiger partial charge in [0.1, 0.15) is 11.8 Å². The average molecular weight is 192 g/mol. The van der Waals surface area contributed by atoms with E-state index in [2.05, 4.69) is 6.07 Å². The second-order valence-electron chi connectivity index (χ2n) is 3.05. The van der Waals surface area contributed by atoms with E-state index in [0.717, 1.165) is 6.42 Å². The van der Waals surface area contributed by atoms with Crippen LogP contribution >= 0.6 is 0 Å². The first kappa shape index (κ1) is 10.3. The quantitative estimate of drug-likeness (QED) is 0.721. The van der Waals surface area contributed by atoms with Crippen molar-refractivity contribution < 1.29 is 9.90 Å². The van der Waals surface area contributed by atoms with E-state index in [4.69, 9.17) is 10.4 Å². The molecule has 1 aromatic rings. The summed E-state index contributed by atoms with van der Waals surface area (Å²) in [7, 11) is 0. The van der Waals surface area contributed by atoms with Gasteiger partial charge in [0, 0.05) is 19.2 Å². The standard InChI is InChI=1S/C10H12N2O2/c11-8-9-4-3-7-12(9)6-2-1-5-10(13)14/h3-4,7H,1-2,5-6H2,(H,13,14). The van der Waals surface area contributed by atoms with Gasteiger partial charge >= 0.3 is 5.97 Å². The van der Waals surface area contributed by atoms with Crippen LogP contribution in [0.1, 0.15) is 25.0 Å². The SMILES string of the molecule is N#Cc1cccn1CCCCC(=O)O. The van der Waals surface area contributed by atoms with Crippen molar-refractivity contribution in [3.05, 3.63) is 24.0 Å². The largest absolute Gasteiger partial charge is 0.481 e. The molecule has 0 atom stereocenters. The van der Waals surface area contributed by atoms with Crippen LogP contribution in [0.3, 0.4) is 0 Å². The van der Waals surface area contributed by atoms with Gasteiger partial charge in [-0.3, -0.25) is 4.79 Å². The first-order valence-corrected chi connectivity index (χ1v) is 4.51. The van der Waals surface area contributed by atoms with Gasteiger partial charge in [-0.2, -0.15) is 5.26 Å². The van der Waals surface area contributed by atoms with Crippen LogP contribution in [-0.4, -0.2) is 15.6 Å². The molecule has 0 aliphatic heterocycles. The molecular formula is C10H12N2O2. The number of aromatic nitrogens is 1. The Kier molecular flexibility index (Phi) is 3.74. The highest BCUT2D eigenvalue weighted by Crippen LogP contribution is 2.04. The molecule has 0 fully saturated rings. The van der Waals surface area contributed by atoms with Crippen molar-refractivity contribution in [2.75, 3.05) is 0 Å². The Morgan fingerprint density at radius 1 is 1.57 bits per heavy atom. The lowest BCUT2D eigenvalue weighted by Gasteiger charge is -2.02. The van der Waals surface area contributed by atoms with E-state index in [1.807, 2.05) is 16.8 Å². The number of unbranched alkanes of at least 4 members (excludes halogenated alkanes) is 1. The maximum Gasteiger partial charge on any atom is 0.303 e. The topological polar surface area (TPSA) is 66.0 Å². The summed E-state index contributed by atoms with van der Waals surface area (Å²) in [4.78, 5) is 10.2. The fraction of sp³-hybridized carbons (Fsp3) is 0.400. The highest BCUT2D eigenvalue weighted by molar-refractivity contribution is 5.66. The summed E-state index contributed by atoms with van der Waals surface area (Å²) in [6, 6.07) is 5.63. The number of rotatable bonds is 5. The van der Waals surface area contributed by atoms with E-state index in [0.29, 0.717) is 18.7 Å². The Morgan fingerprint density at radius 3 is 3.00 bits per heavy atom. The number of carboxylic acids is 1. The van der Waals surface area contributed by atoms with Crippen molar-refractivity contribution in [2.24, 2.45) is 0 Å². The third-order valence-electron chi connectivity index (χ3n) is 1.98. The Bertz CT molecular complexity index is 349. The predicted molar refractivity (Wildman–Crippen MR) is 50.6 cm³/mol. The maximum atomic E-state index is 10.2. The van der Waals surface area contributed by atoms with Crippen molar-refractivity contribution in [1.82, 2.24) is 4.57 Å². The van der Waals surface area contributed by atoms with Crippen LogP contribution < -0.4 is 0 Å². The molecule has 0 spiro atoms. The summed E-state index contributed by atoms with van der Waals surface area (Å²) in [5.74, 6) is -0.766. The van der Waals surface area contributed by atoms with Gasteiger partial charge in [0.25, 0.3) is 0 Å². The fourth-order valence-corrected chi connectivity index (χ4v) is 1.27. The zero-order valence-corrected chi connectivity index (χ0v) is 7.81. The molecule has 4 nitrogen and oxygen atoms in total. The fourth-order valence-electron chi connectivity index (χ4n) is 1.27. The Morgan fingerprint density at radius 2 is 2.36 bits per heavy atom. The Balaban J connectivity index is 2.32. The normalized spacial score (nSPS) is 9.64. The predicted octanol–water partition coefficient (Wildman–Crippen LogP) is 1.61. The molecule has 1 aromatic heterocycles. The van der Waals surface area contributed by atoms with Crippen LogP contribution in [0.4, 0.5) is 0 Å². The monoisotopic (exact) mass is 192 g/mol. The number of nitrogens with zero attached hydrogens (tertiary/aromatic N) is 2. The summed E-state index contributed by atoms with van der Waals surface area (Å²) in [6.45, 7) is 0.711. The maximum absolute atomic E-state index is 10.2. The summed E-state index contributed by atoms with van der Waals surface area (Å²) >= 11 is 0. The van der Waals surface area contributed by atoms with Crippen molar-refractivity contribution in [1.29, 1.82) is 5.26 Å². The Hall–Kier alpha value is -1.76. The zero-order valence-electron chi connectivity index (χ0n) is 7.81. The van der Waals surface area contributed by atoms with Crippen molar-refractivity contribution in [3.63, 3.8) is 0 Å². The highest BCUT2D eigenvalue weighted by atomic mass is 16.4. The first-order chi connectivity index (χ1) is 6.74. The van der Waals surface area contributed by atoms with E-state index >= 15 is 0 Å². The summed E-state index contributed by atoms with van der Waals surface area (Å²) < 4.78 is 1.84. The smallest absolute Gasteiger partial charge is 0.303 e. The number of hydrogen-bond acceptors (Lipinski definition) is 2. The average Bonchev–Trinajstić information content (AvgIpc) is 2.59. The van der Waals surface area contributed by atoms with Crippen molar-refractivity contribution in [2.45, 2.75) is 25.8 Å². The van der Waals surface area contributed by atoms with E-state index in [-0.39, 0.29) is 6.42 Å². The number of carboxylic acid groups (broad SMARTS) is 1. The second-order valence-corrected chi connectivity index (χ2v) is 3.05. The number of aliphatic carboxylic acids is 1. The van der Waals surface area contributed by atoms with E-state index in [9.17, 15) is 4.79 Å². The molecule has 0 aromatic carbocycles. The minimum Gasteiger partial charge on any atom is -0.481 e. The highest BCUT2D eigenvalue weighted by Gasteiger charge is 2.00. The minimum absolute atomic E-state index is 0.198. The third-order valence-corrected chi connectivity index (χ3v) is 1.98. The van der Waals surface area contributed by atoms with Crippen molar-refractivity contribution in [3.8, 4) is 6.07 Å². The lowest BCUT2D eigenvalue weighted by Crippen LogP contribution is -2.01.